The summed E-state index contributed by atoms with van der Waals surface area (Å²) < 4.78 is 48.8. The first-order valence-corrected chi connectivity index (χ1v) is 13.3. The lowest BCUT2D eigenvalue weighted by atomic mass is 9.85. The Bertz CT molecular complexity index is 974. The van der Waals surface area contributed by atoms with Gasteiger partial charge < -0.3 is 5.11 Å². The zero-order valence-electron chi connectivity index (χ0n) is 15.7. The minimum Gasteiger partial charge on any atom is -0.481 e. The van der Waals surface area contributed by atoms with Crippen LogP contribution in [-0.4, -0.2) is 44.7 Å². The standard InChI is InChI=1S/C20H26O6S2/c21-20(22)18(11-13-7-9-27(23,24)10-8-13)15-3-6-19(17(12-15)14-1-2-14)28(25,26)16-4-5-16/h3,6,12-14,16,18H,1-2,4-5,7-11H2,(H,21,22). The summed E-state index contributed by atoms with van der Waals surface area (Å²) in [5, 5.41) is 9.51. The van der Waals surface area contributed by atoms with E-state index in [1.54, 1.807) is 18.2 Å². The molecule has 1 heterocycles. The van der Waals surface area contributed by atoms with Crippen molar-refractivity contribution in [3.63, 3.8) is 0 Å². The molecule has 154 valence electrons. The molecule has 0 amide bonds. The van der Waals surface area contributed by atoms with Gasteiger partial charge in [-0.25, -0.2) is 16.8 Å². The molecule has 0 spiro atoms. The van der Waals surface area contributed by atoms with E-state index in [0.29, 0.717) is 42.6 Å². The number of benzene rings is 1. The minimum absolute atomic E-state index is 0.0591. The highest BCUT2D eigenvalue weighted by atomic mass is 32.2. The van der Waals surface area contributed by atoms with E-state index in [2.05, 4.69) is 0 Å². The number of carboxylic acid groups (broad SMARTS) is 1. The van der Waals surface area contributed by atoms with Crippen molar-refractivity contribution in [3.05, 3.63) is 29.3 Å². The Morgan fingerprint density at radius 3 is 2.25 bits per heavy atom. The van der Waals surface area contributed by atoms with Crippen LogP contribution < -0.4 is 0 Å². The summed E-state index contributed by atoms with van der Waals surface area (Å²) in [4.78, 5) is 12.3. The minimum atomic E-state index is -3.32. The average molecular weight is 427 g/mol. The molecular weight excluding hydrogens is 400 g/mol. The van der Waals surface area contributed by atoms with Crippen LogP contribution in [0.5, 0.6) is 0 Å². The summed E-state index contributed by atoms with van der Waals surface area (Å²) in [6.45, 7) is 0. The monoisotopic (exact) mass is 426 g/mol. The third-order valence-electron chi connectivity index (χ3n) is 6.26. The van der Waals surface area contributed by atoms with Gasteiger partial charge in [0.2, 0.25) is 0 Å². The van der Waals surface area contributed by atoms with E-state index in [4.69, 9.17) is 0 Å². The highest BCUT2D eigenvalue weighted by molar-refractivity contribution is 7.92. The number of hydrogen-bond donors (Lipinski definition) is 1. The SMILES string of the molecule is O=C(O)C(CC1CCS(=O)(=O)CC1)c1ccc(S(=O)(=O)C2CC2)c(C2CC2)c1. The van der Waals surface area contributed by atoms with Crippen molar-refractivity contribution >= 4 is 25.6 Å². The molecule has 1 aliphatic heterocycles. The van der Waals surface area contributed by atoms with E-state index in [1.807, 2.05) is 0 Å². The van der Waals surface area contributed by atoms with Crippen LogP contribution in [0.4, 0.5) is 0 Å². The van der Waals surface area contributed by atoms with Crippen LogP contribution in [0.2, 0.25) is 0 Å². The van der Waals surface area contributed by atoms with Crippen molar-refractivity contribution in [2.75, 3.05) is 11.5 Å². The molecule has 1 N–H and O–H groups in total. The smallest absolute Gasteiger partial charge is 0.310 e. The van der Waals surface area contributed by atoms with E-state index in [1.165, 1.54) is 0 Å². The summed E-state index contributed by atoms with van der Waals surface area (Å²) in [5.41, 5.74) is 1.42. The van der Waals surface area contributed by atoms with Crippen molar-refractivity contribution in [3.8, 4) is 0 Å². The van der Waals surface area contributed by atoms with Gasteiger partial charge in [-0.15, -0.1) is 0 Å². The van der Waals surface area contributed by atoms with Gasteiger partial charge in [-0.1, -0.05) is 12.1 Å². The van der Waals surface area contributed by atoms with E-state index in [0.717, 1.165) is 18.4 Å². The summed E-state index contributed by atoms with van der Waals surface area (Å²) in [6.07, 6.45) is 4.67. The van der Waals surface area contributed by atoms with Crippen molar-refractivity contribution < 1.29 is 26.7 Å². The number of sulfone groups is 2. The van der Waals surface area contributed by atoms with Gasteiger partial charge in [0.25, 0.3) is 0 Å². The summed E-state index contributed by atoms with van der Waals surface area (Å²) in [7, 11) is -6.30. The van der Waals surface area contributed by atoms with E-state index >= 15 is 0 Å². The number of hydrogen-bond acceptors (Lipinski definition) is 5. The topological polar surface area (TPSA) is 106 Å². The second kappa shape index (κ2) is 7.13. The molecule has 2 aliphatic carbocycles. The molecule has 3 aliphatic rings. The fraction of sp³-hybridized carbons (Fsp3) is 0.650. The molecule has 2 saturated carbocycles. The Labute approximate surface area is 166 Å². The third kappa shape index (κ3) is 4.13. The van der Waals surface area contributed by atoms with Gasteiger partial charge in [-0.2, -0.15) is 0 Å². The van der Waals surface area contributed by atoms with Crippen LogP contribution in [-0.2, 0) is 24.5 Å². The Morgan fingerprint density at radius 2 is 1.71 bits per heavy atom. The summed E-state index contributed by atoms with van der Waals surface area (Å²) >= 11 is 0. The van der Waals surface area contributed by atoms with Gasteiger partial charge >= 0.3 is 5.97 Å². The number of aliphatic carboxylic acids is 1. The summed E-state index contributed by atoms with van der Waals surface area (Å²) in [6, 6.07) is 5.06. The Balaban J connectivity index is 1.61. The predicted octanol–water partition coefficient (Wildman–Crippen LogP) is 2.88. The largest absolute Gasteiger partial charge is 0.481 e. The second-order valence-electron chi connectivity index (χ2n) is 8.54. The maximum absolute atomic E-state index is 12.8. The first-order chi connectivity index (χ1) is 13.2. The predicted molar refractivity (Wildman–Crippen MR) is 105 cm³/mol. The third-order valence-corrected chi connectivity index (χ3v) is 10.3. The lowest BCUT2D eigenvalue weighted by Crippen LogP contribution is -2.26. The molecule has 3 fully saturated rings. The molecule has 0 aromatic heterocycles. The lowest BCUT2D eigenvalue weighted by Gasteiger charge is -2.25. The zero-order chi connectivity index (χ0) is 20.1. The molecule has 1 atom stereocenters. The molecular formula is C20H26O6S2. The van der Waals surface area contributed by atoms with Crippen LogP contribution in [0.3, 0.4) is 0 Å². The van der Waals surface area contributed by atoms with Crippen molar-refractivity contribution in [2.24, 2.45) is 5.92 Å². The van der Waals surface area contributed by atoms with Gasteiger partial charge in [0.15, 0.2) is 9.84 Å². The Morgan fingerprint density at radius 1 is 1.07 bits per heavy atom. The van der Waals surface area contributed by atoms with Crippen LogP contribution in [0.15, 0.2) is 23.1 Å². The fourth-order valence-corrected chi connectivity index (χ4v) is 7.72. The van der Waals surface area contributed by atoms with Crippen LogP contribution >= 0.6 is 0 Å². The first-order valence-electron chi connectivity index (χ1n) is 9.98. The maximum atomic E-state index is 12.8. The molecule has 1 saturated heterocycles. The van der Waals surface area contributed by atoms with Crippen molar-refractivity contribution in [2.45, 2.75) is 66.9 Å². The van der Waals surface area contributed by atoms with Crippen molar-refractivity contribution in [1.82, 2.24) is 0 Å². The van der Waals surface area contributed by atoms with E-state index < -0.39 is 31.6 Å². The molecule has 0 bridgehead atoms. The fourth-order valence-electron chi connectivity index (χ4n) is 4.20. The Kier molecular flexibility index (Phi) is 5.06. The maximum Gasteiger partial charge on any atom is 0.310 e. The lowest BCUT2D eigenvalue weighted by molar-refractivity contribution is -0.139. The van der Waals surface area contributed by atoms with E-state index in [9.17, 15) is 26.7 Å². The van der Waals surface area contributed by atoms with Gasteiger partial charge in [0, 0.05) is 0 Å². The molecule has 0 radical (unpaired) electrons. The highest BCUT2D eigenvalue weighted by Crippen LogP contribution is 2.46. The molecule has 28 heavy (non-hydrogen) atoms. The molecule has 8 heteroatoms. The van der Waals surface area contributed by atoms with E-state index in [-0.39, 0.29) is 28.6 Å². The molecule has 1 unspecified atom stereocenters. The Hall–Kier alpha value is -1.41. The molecule has 1 aromatic rings. The van der Waals surface area contributed by atoms with Crippen LogP contribution in [0.25, 0.3) is 0 Å². The van der Waals surface area contributed by atoms with Gasteiger partial charge in [-0.05, 0) is 74.0 Å². The van der Waals surface area contributed by atoms with Gasteiger partial charge in [0.05, 0.1) is 27.6 Å². The zero-order valence-corrected chi connectivity index (χ0v) is 17.3. The molecule has 4 rings (SSSR count). The average Bonchev–Trinajstić information content (AvgIpc) is 3.52. The quantitative estimate of drug-likeness (QED) is 0.719. The van der Waals surface area contributed by atoms with Gasteiger partial charge in [0.1, 0.15) is 9.84 Å². The molecule has 1 aromatic carbocycles. The van der Waals surface area contributed by atoms with Gasteiger partial charge in [-0.3, -0.25) is 4.79 Å². The highest BCUT2D eigenvalue weighted by Gasteiger charge is 2.41. The summed E-state index contributed by atoms with van der Waals surface area (Å²) in [5.74, 6) is -1.17. The van der Waals surface area contributed by atoms with Crippen LogP contribution in [0.1, 0.15) is 67.9 Å². The number of carboxylic acids is 1. The normalized spacial score (nSPS) is 24.0. The van der Waals surface area contributed by atoms with Crippen molar-refractivity contribution in [1.29, 1.82) is 0 Å². The van der Waals surface area contributed by atoms with Crippen LogP contribution in [0, 0.1) is 5.92 Å². The number of carbonyl (C=O) groups is 1. The number of rotatable bonds is 7. The first kappa shape index (κ1) is 19.9. The molecule has 6 nitrogen and oxygen atoms in total. The second-order valence-corrected chi connectivity index (χ2v) is 13.0.